The van der Waals surface area contributed by atoms with Gasteiger partial charge in [-0.2, -0.15) is 0 Å². The summed E-state index contributed by atoms with van der Waals surface area (Å²) in [4.78, 5) is 11.4. The Hall–Kier alpha value is -0.460. The number of rotatable bonds is 1. The number of amides is 1. The average Bonchev–Trinajstić information content (AvgIpc) is 2.27. The number of nitrogens with one attached hydrogen (secondary N) is 1. The van der Waals surface area contributed by atoms with Crippen LogP contribution in [0.4, 0.5) is 10.5 Å². The van der Waals surface area contributed by atoms with Gasteiger partial charge in [0.05, 0.1) is 11.7 Å². The Morgan fingerprint density at radius 2 is 2.05 bits per heavy atom. The highest BCUT2D eigenvalue weighted by Crippen LogP contribution is 2.41. The third kappa shape index (κ3) is 3.35. The summed E-state index contributed by atoms with van der Waals surface area (Å²) in [6.45, 7) is 4.43. The third-order valence-electron chi connectivity index (χ3n) is 3.06. The molecular weight excluding hydrogens is 399 g/mol. The van der Waals surface area contributed by atoms with Crippen LogP contribution in [-0.2, 0) is 4.74 Å². The van der Waals surface area contributed by atoms with Gasteiger partial charge in [0.25, 0.3) is 0 Å². The van der Waals surface area contributed by atoms with Gasteiger partial charge in [-0.25, -0.2) is 4.79 Å². The Labute approximate surface area is 135 Å². The molecule has 2 rings (SSSR count). The van der Waals surface area contributed by atoms with Gasteiger partial charge in [0, 0.05) is 19.9 Å². The first-order chi connectivity index (χ1) is 8.31. The van der Waals surface area contributed by atoms with Gasteiger partial charge in [0.1, 0.15) is 6.61 Å². The van der Waals surface area contributed by atoms with Gasteiger partial charge in [-0.1, -0.05) is 29.8 Å². The van der Waals surface area contributed by atoms with E-state index in [1.165, 1.54) is 0 Å². The molecule has 1 heterocycles. The van der Waals surface area contributed by atoms with Crippen LogP contribution in [0, 0.1) is 5.41 Å². The number of carbonyl (C=O) groups is 1. The van der Waals surface area contributed by atoms with Crippen LogP contribution in [0.1, 0.15) is 25.5 Å². The zero-order valence-corrected chi connectivity index (χ0v) is 14.5. The Bertz CT molecular complexity index is 509. The lowest BCUT2D eigenvalue weighted by Gasteiger charge is -2.39. The molecule has 0 aromatic heterocycles. The summed E-state index contributed by atoms with van der Waals surface area (Å²) in [7, 11) is 0. The Morgan fingerprint density at radius 3 is 2.68 bits per heavy atom. The van der Waals surface area contributed by atoms with Gasteiger partial charge >= 0.3 is 6.09 Å². The molecule has 106 valence electrons. The molecule has 1 aliphatic rings. The van der Waals surface area contributed by atoms with Crippen LogP contribution in [0.3, 0.4) is 0 Å². The van der Waals surface area contributed by atoms with Crippen molar-refractivity contribution in [1.82, 2.24) is 5.32 Å². The highest BCUT2D eigenvalue weighted by Gasteiger charge is 2.39. The molecule has 0 aliphatic carbocycles. The van der Waals surface area contributed by atoms with Gasteiger partial charge in [-0.3, -0.25) is 0 Å². The molecule has 1 amide bonds. The Morgan fingerprint density at radius 1 is 1.42 bits per heavy atom. The van der Waals surface area contributed by atoms with Crippen molar-refractivity contribution in [3.63, 3.8) is 0 Å². The van der Waals surface area contributed by atoms with E-state index in [4.69, 9.17) is 10.5 Å². The number of benzene rings is 1. The highest BCUT2D eigenvalue weighted by atomic mass is 79.9. The van der Waals surface area contributed by atoms with Gasteiger partial charge < -0.3 is 15.8 Å². The van der Waals surface area contributed by atoms with Gasteiger partial charge in [0.15, 0.2) is 0 Å². The predicted octanol–water partition coefficient (Wildman–Crippen LogP) is 4.02. The van der Waals surface area contributed by atoms with Gasteiger partial charge in [0.2, 0.25) is 0 Å². The minimum atomic E-state index is -0.408. The summed E-state index contributed by atoms with van der Waals surface area (Å²) in [5.41, 5.74) is 7.39. The van der Waals surface area contributed by atoms with E-state index in [-0.39, 0.29) is 23.9 Å². The van der Waals surface area contributed by atoms with E-state index in [2.05, 4.69) is 37.2 Å². The van der Waals surface area contributed by atoms with Crippen LogP contribution >= 0.6 is 44.3 Å². The van der Waals surface area contributed by atoms with E-state index < -0.39 is 6.09 Å². The zero-order chi connectivity index (χ0) is 13.5. The molecular formula is C12H15Br2ClN2O2. The predicted molar refractivity (Wildman–Crippen MR) is 84.5 cm³/mol. The minimum absolute atomic E-state index is 0. The van der Waals surface area contributed by atoms with Crippen LogP contribution in [0.25, 0.3) is 0 Å². The van der Waals surface area contributed by atoms with Crippen molar-refractivity contribution in [3.8, 4) is 0 Å². The number of hydrogen-bond acceptors (Lipinski definition) is 3. The second-order valence-electron chi connectivity index (χ2n) is 5.03. The topological polar surface area (TPSA) is 64.3 Å². The lowest BCUT2D eigenvalue weighted by molar-refractivity contribution is 0.0389. The zero-order valence-electron chi connectivity index (χ0n) is 10.5. The van der Waals surface area contributed by atoms with Crippen LogP contribution in [0.5, 0.6) is 0 Å². The largest absolute Gasteiger partial charge is 0.449 e. The number of alkyl carbamates (subject to hydrolysis) is 1. The monoisotopic (exact) mass is 412 g/mol. The molecule has 1 saturated heterocycles. The van der Waals surface area contributed by atoms with Crippen LogP contribution in [0.15, 0.2) is 21.1 Å². The van der Waals surface area contributed by atoms with Crippen molar-refractivity contribution in [2.24, 2.45) is 5.41 Å². The smallest absolute Gasteiger partial charge is 0.407 e. The standard InChI is InChI=1S/C12H14Br2N2O2.ClH/c1-12(2)5-18-11(17)16-10(12)7-3-6(13)4-8(14)9(7)15;/h3-4,10H,5,15H2,1-2H3,(H,16,17);1H/t10-;/m1./s1. The van der Waals surface area contributed by atoms with E-state index in [0.29, 0.717) is 12.3 Å². The maximum absolute atomic E-state index is 11.4. The van der Waals surface area contributed by atoms with Gasteiger partial charge in [-0.05, 0) is 28.1 Å². The van der Waals surface area contributed by atoms with E-state index in [0.717, 1.165) is 14.5 Å². The maximum Gasteiger partial charge on any atom is 0.407 e. The van der Waals surface area contributed by atoms with E-state index in [9.17, 15) is 4.79 Å². The first-order valence-electron chi connectivity index (χ1n) is 5.49. The second kappa shape index (κ2) is 5.89. The van der Waals surface area contributed by atoms with Crippen molar-refractivity contribution < 1.29 is 9.53 Å². The summed E-state index contributed by atoms with van der Waals surface area (Å²) in [5.74, 6) is 0. The molecule has 1 fully saturated rings. The van der Waals surface area contributed by atoms with Crippen molar-refractivity contribution in [2.45, 2.75) is 19.9 Å². The molecule has 0 saturated carbocycles. The van der Waals surface area contributed by atoms with Crippen LogP contribution in [-0.4, -0.2) is 12.7 Å². The number of nitrogens with two attached hydrogens (primary N) is 1. The molecule has 0 unspecified atom stereocenters. The minimum Gasteiger partial charge on any atom is -0.449 e. The first-order valence-corrected chi connectivity index (χ1v) is 7.07. The summed E-state index contributed by atoms with van der Waals surface area (Å²) < 4.78 is 6.75. The molecule has 19 heavy (non-hydrogen) atoms. The lowest BCUT2D eigenvalue weighted by atomic mass is 9.80. The number of carbonyl (C=O) groups excluding carboxylic acids is 1. The SMILES string of the molecule is CC1(C)COC(=O)N[C@@H]1c1cc(Br)cc(Br)c1N.Cl. The molecule has 0 spiro atoms. The summed E-state index contributed by atoms with van der Waals surface area (Å²) in [6, 6.07) is 3.64. The number of anilines is 1. The molecule has 3 N–H and O–H groups in total. The molecule has 1 aromatic rings. The van der Waals surface area contributed by atoms with Crippen molar-refractivity contribution >= 4 is 56.0 Å². The normalized spacial score (nSPS) is 21.1. The van der Waals surface area contributed by atoms with Crippen molar-refractivity contribution in [3.05, 3.63) is 26.6 Å². The lowest BCUT2D eigenvalue weighted by Crippen LogP contribution is -2.47. The van der Waals surface area contributed by atoms with Gasteiger partial charge in [-0.15, -0.1) is 12.4 Å². The Balaban J connectivity index is 0.00000180. The van der Waals surface area contributed by atoms with Crippen LogP contribution < -0.4 is 11.1 Å². The molecule has 0 bridgehead atoms. The highest BCUT2D eigenvalue weighted by molar-refractivity contribution is 9.11. The first kappa shape index (κ1) is 16.6. The molecule has 1 aromatic carbocycles. The van der Waals surface area contributed by atoms with Crippen molar-refractivity contribution in [1.29, 1.82) is 0 Å². The number of halogens is 3. The second-order valence-corrected chi connectivity index (χ2v) is 6.80. The van der Waals surface area contributed by atoms with E-state index in [1.54, 1.807) is 0 Å². The molecule has 1 aliphatic heterocycles. The molecule has 1 atom stereocenters. The average molecular weight is 415 g/mol. The number of ether oxygens (including phenoxy) is 1. The summed E-state index contributed by atoms with van der Waals surface area (Å²) in [5, 5.41) is 2.84. The maximum atomic E-state index is 11.4. The number of nitrogen functional groups attached to an aromatic ring is 1. The van der Waals surface area contributed by atoms with E-state index in [1.807, 2.05) is 26.0 Å². The molecule has 0 radical (unpaired) electrons. The number of hydrogen-bond donors (Lipinski definition) is 2. The molecule has 4 nitrogen and oxygen atoms in total. The fraction of sp³-hybridized carbons (Fsp3) is 0.417. The fourth-order valence-corrected chi connectivity index (χ4v) is 3.29. The van der Waals surface area contributed by atoms with Crippen molar-refractivity contribution in [2.75, 3.05) is 12.3 Å². The summed E-state index contributed by atoms with van der Waals surface area (Å²) >= 11 is 6.85. The fourth-order valence-electron chi connectivity index (χ4n) is 2.03. The summed E-state index contributed by atoms with van der Waals surface area (Å²) in [6.07, 6.45) is -0.408. The quantitative estimate of drug-likeness (QED) is 0.682. The molecule has 7 heteroatoms. The van der Waals surface area contributed by atoms with Crippen LogP contribution in [0.2, 0.25) is 0 Å². The van der Waals surface area contributed by atoms with E-state index >= 15 is 0 Å². The third-order valence-corrected chi connectivity index (χ3v) is 4.17. The Kier molecular flexibility index (Phi) is 5.15. The number of cyclic esters (lactones) is 1.